The third-order valence-electron chi connectivity index (χ3n) is 8.03. The van der Waals surface area contributed by atoms with E-state index in [0.29, 0.717) is 17.5 Å². The van der Waals surface area contributed by atoms with Gasteiger partial charge >= 0.3 is 0 Å². The number of nitrogens with zero attached hydrogens (tertiary/aromatic N) is 7. The first kappa shape index (κ1) is 28.7. The highest BCUT2D eigenvalue weighted by Crippen LogP contribution is 2.35. The molecule has 3 aromatic carbocycles. The Morgan fingerprint density at radius 1 is 0.250 bits per heavy atom. The molecule has 0 amide bonds. The summed E-state index contributed by atoms with van der Waals surface area (Å²) >= 11 is 0. The number of hydrogen-bond donors (Lipinski definition) is 0. The van der Waals surface area contributed by atoms with E-state index in [1.807, 2.05) is 79.4 Å². The Labute approximate surface area is 277 Å². The number of aromatic nitrogens is 7. The Morgan fingerprint density at radius 2 is 0.542 bits per heavy atom. The minimum Gasteiger partial charge on any atom is -0.264 e. The lowest BCUT2D eigenvalue weighted by Gasteiger charge is -2.13. The van der Waals surface area contributed by atoms with Crippen LogP contribution in [0.1, 0.15) is 0 Å². The molecule has 0 spiro atoms. The van der Waals surface area contributed by atoms with Gasteiger partial charge in [-0.05, 0) is 82.9 Å². The first-order chi connectivity index (χ1) is 23.8. The average Bonchev–Trinajstić information content (AvgIpc) is 3.19. The normalized spacial score (nSPS) is 10.9. The van der Waals surface area contributed by atoms with Gasteiger partial charge in [0.15, 0.2) is 17.5 Å². The van der Waals surface area contributed by atoms with E-state index in [-0.39, 0.29) is 0 Å². The van der Waals surface area contributed by atoms with E-state index in [1.54, 1.807) is 24.8 Å². The topological polar surface area (TPSA) is 90.2 Å². The molecule has 0 unspecified atom stereocenters. The molecule has 0 bridgehead atoms. The SMILES string of the molecule is c1ccc(-c2nc(-c3cc(-c4cccnc4)cc(-c4cccnc4)c3)nc(-c3cc(-c4cccnc4)cc(-c4cccnc4)c3)n2)cc1. The van der Waals surface area contributed by atoms with Crippen molar-refractivity contribution in [3.05, 3.63) is 165 Å². The summed E-state index contributed by atoms with van der Waals surface area (Å²) in [4.78, 5) is 32.8. The van der Waals surface area contributed by atoms with E-state index < -0.39 is 0 Å². The minimum absolute atomic E-state index is 0.560. The van der Waals surface area contributed by atoms with Gasteiger partial charge in [0.05, 0.1) is 0 Å². The maximum absolute atomic E-state index is 5.15. The quantitative estimate of drug-likeness (QED) is 0.176. The Bertz CT molecular complexity index is 2060. The Hall–Kier alpha value is -6.73. The molecule has 0 N–H and O–H groups in total. The van der Waals surface area contributed by atoms with Gasteiger partial charge in [0.2, 0.25) is 0 Å². The lowest BCUT2D eigenvalue weighted by atomic mass is 9.96. The van der Waals surface area contributed by atoms with E-state index in [4.69, 9.17) is 15.0 Å². The van der Waals surface area contributed by atoms with Crippen molar-refractivity contribution in [3.63, 3.8) is 0 Å². The number of hydrogen-bond acceptors (Lipinski definition) is 7. The molecule has 0 radical (unpaired) electrons. The fourth-order valence-electron chi connectivity index (χ4n) is 5.66. The highest BCUT2D eigenvalue weighted by Gasteiger charge is 2.17. The van der Waals surface area contributed by atoms with E-state index in [1.165, 1.54) is 0 Å². The predicted molar refractivity (Wildman–Crippen MR) is 189 cm³/mol. The Morgan fingerprint density at radius 3 is 0.854 bits per heavy atom. The Balaban J connectivity index is 1.36. The zero-order valence-electron chi connectivity index (χ0n) is 25.7. The molecule has 7 nitrogen and oxygen atoms in total. The lowest BCUT2D eigenvalue weighted by Crippen LogP contribution is -2.01. The number of rotatable bonds is 7. The van der Waals surface area contributed by atoms with Crippen molar-refractivity contribution in [1.82, 2.24) is 34.9 Å². The molecule has 0 fully saturated rings. The van der Waals surface area contributed by atoms with Crippen LogP contribution in [0.25, 0.3) is 78.7 Å². The van der Waals surface area contributed by atoms with Crippen molar-refractivity contribution in [2.24, 2.45) is 0 Å². The third kappa shape index (κ3) is 6.08. The highest BCUT2D eigenvalue weighted by molar-refractivity contribution is 5.82. The molecule has 5 heterocycles. The third-order valence-corrected chi connectivity index (χ3v) is 8.03. The highest BCUT2D eigenvalue weighted by atomic mass is 15.0. The van der Waals surface area contributed by atoms with Crippen molar-refractivity contribution in [2.45, 2.75) is 0 Å². The van der Waals surface area contributed by atoms with Gasteiger partial charge in [-0.25, -0.2) is 15.0 Å². The zero-order valence-corrected chi connectivity index (χ0v) is 25.7. The standard InChI is InChI=1S/C41H27N7/c1-2-8-28(9-3-1)39-46-40(37-20-33(29-10-4-14-42-24-29)18-34(21-37)30-11-5-15-43-25-30)48-41(47-39)38-22-35(31-12-6-16-44-26-31)19-36(23-38)32-13-7-17-45-27-32/h1-27H. The van der Waals surface area contributed by atoms with Crippen LogP contribution >= 0.6 is 0 Å². The van der Waals surface area contributed by atoms with Crippen LogP contribution in [0.3, 0.4) is 0 Å². The summed E-state index contributed by atoms with van der Waals surface area (Å²) in [5.41, 5.74) is 10.6. The minimum atomic E-state index is 0.560. The van der Waals surface area contributed by atoms with Crippen molar-refractivity contribution in [1.29, 1.82) is 0 Å². The summed E-state index contributed by atoms with van der Waals surface area (Å²) in [6, 6.07) is 38.7. The largest absolute Gasteiger partial charge is 0.264 e. The monoisotopic (exact) mass is 617 g/mol. The predicted octanol–water partition coefficient (Wildman–Crippen LogP) is 9.12. The maximum atomic E-state index is 5.15. The smallest absolute Gasteiger partial charge is 0.164 e. The van der Waals surface area contributed by atoms with Crippen LogP contribution < -0.4 is 0 Å². The van der Waals surface area contributed by atoms with Gasteiger partial charge in [-0.15, -0.1) is 0 Å². The molecule has 0 saturated heterocycles. The van der Waals surface area contributed by atoms with Gasteiger partial charge in [0.25, 0.3) is 0 Å². The second kappa shape index (κ2) is 12.9. The summed E-state index contributed by atoms with van der Waals surface area (Å²) in [5.74, 6) is 1.70. The molecule has 7 heteroatoms. The number of pyridine rings is 4. The van der Waals surface area contributed by atoms with Crippen LogP contribution in [0.5, 0.6) is 0 Å². The van der Waals surface area contributed by atoms with E-state index >= 15 is 0 Å². The molecule has 5 aromatic heterocycles. The van der Waals surface area contributed by atoms with Crippen LogP contribution in [-0.2, 0) is 0 Å². The number of benzene rings is 3. The molecule has 0 aliphatic rings. The molecule has 0 saturated carbocycles. The van der Waals surface area contributed by atoms with Crippen molar-refractivity contribution in [2.75, 3.05) is 0 Å². The Kier molecular flexibility index (Phi) is 7.74. The maximum Gasteiger partial charge on any atom is 0.164 e. The lowest BCUT2D eigenvalue weighted by molar-refractivity contribution is 1.07. The first-order valence-corrected chi connectivity index (χ1v) is 15.5. The second-order valence-corrected chi connectivity index (χ2v) is 11.2. The summed E-state index contributed by atoms with van der Waals surface area (Å²) in [6.07, 6.45) is 14.6. The average molecular weight is 618 g/mol. The fourth-order valence-corrected chi connectivity index (χ4v) is 5.66. The summed E-state index contributed by atoms with van der Waals surface area (Å²) in [7, 11) is 0. The molecule has 0 aliphatic carbocycles. The van der Waals surface area contributed by atoms with Gasteiger partial charge in [-0.3, -0.25) is 19.9 Å². The summed E-state index contributed by atoms with van der Waals surface area (Å²) < 4.78 is 0. The molecular weight excluding hydrogens is 591 g/mol. The van der Waals surface area contributed by atoms with Crippen molar-refractivity contribution in [3.8, 4) is 78.7 Å². The molecule has 48 heavy (non-hydrogen) atoms. The van der Waals surface area contributed by atoms with Crippen molar-refractivity contribution >= 4 is 0 Å². The zero-order chi connectivity index (χ0) is 32.1. The van der Waals surface area contributed by atoms with Crippen LogP contribution in [0.2, 0.25) is 0 Å². The molecule has 226 valence electrons. The van der Waals surface area contributed by atoms with Crippen LogP contribution in [0, 0.1) is 0 Å². The fraction of sp³-hybridized carbons (Fsp3) is 0. The van der Waals surface area contributed by atoms with Crippen LogP contribution in [0.4, 0.5) is 0 Å². The summed E-state index contributed by atoms with van der Waals surface area (Å²) in [6.45, 7) is 0. The molecule has 0 atom stereocenters. The van der Waals surface area contributed by atoms with Gasteiger partial charge in [0.1, 0.15) is 0 Å². The summed E-state index contributed by atoms with van der Waals surface area (Å²) in [5, 5.41) is 0. The first-order valence-electron chi connectivity index (χ1n) is 15.5. The van der Waals surface area contributed by atoms with E-state index in [2.05, 4.69) is 80.6 Å². The van der Waals surface area contributed by atoms with Gasteiger partial charge in [-0.2, -0.15) is 0 Å². The van der Waals surface area contributed by atoms with E-state index in [0.717, 1.165) is 61.2 Å². The molecule has 0 aliphatic heterocycles. The van der Waals surface area contributed by atoms with Gasteiger partial charge in [0, 0.05) is 88.5 Å². The molecular formula is C41H27N7. The molecule has 8 aromatic rings. The van der Waals surface area contributed by atoms with Crippen LogP contribution in [0.15, 0.2) is 165 Å². The van der Waals surface area contributed by atoms with E-state index in [9.17, 15) is 0 Å². The van der Waals surface area contributed by atoms with Gasteiger partial charge < -0.3 is 0 Å². The van der Waals surface area contributed by atoms with Crippen LogP contribution in [-0.4, -0.2) is 34.9 Å². The molecule has 8 rings (SSSR count). The van der Waals surface area contributed by atoms with Gasteiger partial charge in [-0.1, -0.05) is 54.6 Å². The second-order valence-electron chi connectivity index (χ2n) is 11.2. The van der Waals surface area contributed by atoms with Crippen molar-refractivity contribution < 1.29 is 0 Å².